The molecular formula is C14H21N3O3. The second-order valence-corrected chi connectivity index (χ2v) is 4.73. The SMILES string of the molecule is COc1ccc(CC(=O)N(C)CC(C)C(N)=NO)cc1. The Kier molecular flexibility index (Phi) is 5.83. The van der Waals surface area contributed by atoms with Crippen molar-refractivity contribution in [2.75, 3.05) is 20.7 Å². The number of ether oxygens (including phenoxy) is 1. The molecule has 6 nitrogen and oxygen atoms in total. The van der Waals surface area contributed by atoms with Gasteiger partial charge in [0.25, 0.3) is 0 Å². The number of oxime groups is 1. The molecule has 0 aliphatic heterocycles. The Morgan fingerprint density at radius 3 is 2.55 bits per heavy atom. The number of nitrogens with zero attached hydrogens (tertiary/aromatic N) is 2. The van der Waals surface area contributed by atoms with Crippen molar-refractivity contribution >= 4 is 11.7 Å². The highest BCUT2D eigenvalue weighted by atomic mass is 16.5. The molecule has 0 fully saturated rings. The highest BCUT2D eigenvalue weighted by Gasteiger charge is 2.15. The first-order valence-corrected chi connectivity index (χ1v) is 6.32. The molecule has 1 aromatic rings. The quantitative estimate of drug-likeness (QED) is 0.353. The van der Waals surface area contributed by atoms with E-state index >= 15 is 0 Å². The summed E-state index contributed by atoms with van der Waals surface area (Å²) in [6.45, 7) is 2.21. The van der Waals surface area contributed by atoms with E-state index in [1.807, 2.05) is 24.3 Å². The molecular weight excluding hydrogens is 258 g/mol. The number of amides is 1. The summed E-state index contributed by atoms with van der Waals surface area (Å²) in [6, 6.07) is 7.36. The molecule has 0 aliphatic rings. The predicted molar refractivity (Wildman–Crippen MR) is 76.9 cm³/mol. The topological polar surface area (TPSA) is 88.2 Å². The Morgan fingerprint density at radius 1 is 1.45 bits per heavy atom. The third-order valence-corrected chi connectivity index (χ3v) is 3.11. The van der Waals surface area contributed by atoms with Crippen LogP contribution in [0.4, 0.5) is 0 Å². The van der Waals surface area contributed by atoms with Gasteiger partial charge >= 0.3 is 0 Å². The molecule has 0 bridgehead atoms. The van der Waals surface area contributed by atoms with Crippen LogP contribution in [0, 0.1) is 5.92 Å². The molecule has 6 heteroatoms. The maximum atomic E-state index is 12.1. The zero-order valence-corrected chi connectivity index (χ0v) is 12.0. The van der Waals surface area contributed by atoms with E-state index in [9.17, 15) is 4.79 Å². The Hall–Kier alpha value is -2.24. The summed E-state index contributed by atoms with van der Waals surface area (Å²) < 4.78 is 5.07. The first-order valence-electron chi connectivity index (χ1n) is 6.32. The van der Waals surface area contributed by atoms with Crippen molar-refractivity contribution in [2.24, 2.45) is 16.8 Å². The molecule has 0 spiro atoms. The van der Waals surface area contributed by atoms with Crippen molar-refractivity contribution in [3.05, 3.63) is 29.8 Å². The molecule has 0 heterocycles. The zero-order valence-electron chi connectivity index (χ0n) is 12.0. The van der Waals surface area contributed by atoms with Gasteiger partial charge in [0.1, 0.15) is 11.6 Å². The number of likely N-dealkylation sites (N-methyl/N-ethyl adjacent to an activating group) is 1. The van der Waals surface area contributed by atoms with Crippen molar-refractivity contribution in [3.63, 3.8) is 0 Å². The van der Waals surface area contributed by atoms with Gasteiger partial charge < -0.3 is 20.6 Å². The van der Waals surface area contributed by atoms with E-state index in [0.29, 0.717) is 13.0 Å². The summed E-state index contributed by atoms with van der Waals surface area (Å²) in [4.78, 5) is 13.6. The van der Waals surface area contributed by atoms with E-state index in [1.54, 1.807) is 26.0 Å². The number of nitrogens with two attached hydrogens (primary N) is 1. The fraction of sp³-hybridized carbons (Fsp3) is 0.429. The van der Waals surface area contributed by atoms with E-state index in [4.69, 9.17) is 15.7 Å². The molecule has 0 saturated heterocycles. The molecule has 0 aromatic heterocycles. The normalized spacial score (nSPS) is 12.8. The summed E-state index contributed by atoms with van der Waals surface area (Å²) in [5, 5.41) is 11.5. The summed E-state index contributed by atoms with van der Waals surface area (Å²) in [5.41, 5.74) is 6.41. The molecule has 1 amide bonds. The van der Waals surface area contributed by atoms with Gasteiger partial charge in [-0.2, -0.15) is 0 Å². The molecule has 1 atom stereocenters. The van der Waals surface area contributed by atoms with E-state index < -0.39 is 0 Å². The molecule has 1 aromatic carbocycles. The maximum absolute atomic E-state index is 12.1. The Bertz CT molecular complexity index is 471. The number of carbonyl (C=O) groups excluding carboxylic acids is 1. The van der Waals surface area contributed by atoms with Gasteiger partial charge in [0.15, 0.2) is 0 Å². The highest BCUT2D eigenvalue weighted by molar-refractivity contribution is 5.83. The molecule has 110 valence electrons. The lowest BCUT2D eigenvalue weighted by Gasteiger charge is -2.21. The molecule has 0 saturated carbocycles. The lowest BCUT2D eigenvalue weighted by Crippen LogP contribution is -2.37. The second-order valence-electron chi connectivity index (χ2n) is 4.73. The van der Waals surface area contributed by atoms with Crippen LogP contribution in [0.3, 0.4) is 0 Å². The van der Waals surface area contributed by atoms with Crippen LogP contribution in [0.15, 0.2) is 29.4 Å². The van der Waals surface area contributed by atoms with Gasteiger partial charge in [-0.15, -0.1) is 0 Å². The third kappa shape index (κ3) is 4.46. The molecule has 20 heavy (non-hydrogen) atoms. The number of carbonyl (C=O) groups is 1. The number of amidine groups is 1. The summed E-state index contributed by atoms with van der Waals surface area (Å²) in [7, 11) is 3.30. The van der Waals surface area contributed by atoms with Crippen LogP contribution in [-0.4, -0.2) is 42.6 Å². The van der Waals surface area contributed by atoms with Crippen LogP contribution >= 0.6 is 0 Å². The fourth-order valence-corrected chi connectivity index (χ4v) is 1.76. The number of hydrogen-bond acceptors (Lipinski definition) is 4. The van der Waals surface area contributed by atoms with E-state index in [0.717, 1.165) is 11.3 Å². The number of hydrogen-bond donors (Lipinski definition) is 2. The molecule has 0 radical (unpaired) electrons. The first kappa shape index (κ1) is 15.8. The Balaban J connectivity index is 2.56. The van der Waals surface area contributed by atoms with Crippen LogP contribution in [-0.2, 0) is 11.2 Å². The third-order valence-electron chi connectivity index (χ3n) is 3.11. The van der Waals surface area contributed by atoms with Crippen molar-refractivity contribution in [1.29, 1.82) is 0 Å². The van der Waals surface area contributed by atoms with Crippen LogP contribution in [0.1, 0.15) is 12.5 Å². The zero-order chi connectivity index (χ0) is 15.1. The van der Waals surface area contributed by atoms with Gasteiger partial charge in [-0.05, 0) is 17.7 Å². The lowest BCUT2D eigenvalue weighted by molar-refractivity contribution is -0.129. The van der Waals surface area contributed by atoms with E-state index in [-0.39, 0.29) is 17.7 Å². The van der Waals surface area contributed by atoms with Crippen molar-refractivity contribution in [3.8, 4) is 5.75 Å². The monoisotopic (exact) mass is 279 g/mol. The van der Waals surface area contributed by atoms with E-state index in [2.05, 4.69) is 5.16 Å². The van der Waals surface area contributed by atoms with Gasteiger partial charge in [-0.25, -0.2) is 0 Å². The van der Waals surface area contributed by atoms with Crippen LogP contribution in [0.25, 0.3) is 0 Å². The van der Waals surface area contributed by atoms with Crippen molar-refractivity contribution in [1.82, 2.24) is 4.90 Å². The average molecular weight is 279 g/mol. The van der Waals surface area contributed by atoms with Crippen LogP contribution in [0.2, 0.25) is 0 Å². The standard InChI is InChI=1S/C14H21N3O3/c1-10(14(15)16-19)9-17(2)13(18)8-11-4-6-12(20-3)7-5-11/h4-7,10,19H,8-9H2,1-3H3,(H2,15,16). The Morgan fingerprint density at radius 2 is 2.05 bits per heavy atom. The summed E-state index contributed by atoms with van der Waals surface area (Å²) in [5.74, 6) is 0.668. The second kappa shape index (κ2) is 7.37. The van der Waals surface area contributed by atoms with Crippen molar-refractivity contribution in [2.45, 2.75) is 13.3 Å². The first-order chi connectivity index (χ1) is 9.47. The minimum Gasteiger partial charge on any atom is -0.497 e. The van der Waals surface area contributed by atoms with Crippen LogP contribution < -0.4 is 10.5 Å². The lowest BCUT2D eigenvalue weighted by atomic mass is 10.1. The fourth-order valence-electron chi connectivity index (χ4n) is 1.76. The van der Waals surface area contributed by atoms with Gasteiger partial charge in [-0.1, -0.05) is 24.2 Å². The number of benzene rings is 1. The van der Waals surface area contributed by atoms with Gasteiger partial charge in [0, 0.05) is 19.5 Å². The van der Waals surface area contributed by atoms with Crippen molar-refractivity contribution < 1.29 is 14.7 Å². The minimum absolute atomic E-state index is 0.0206. The molecule has 1 rings (SSSR count). The van der Waals surface area contributed by atoms with Gasteiger partial charge in [0.2, 0.25) is 5.91 Å². The average Bonchev–Trinajstić information content (AvgIpc) is 2.46. The maximum Gasteiger partial charge on any atom is 0.226 e. The molecule has 0 aliphatic carbocycles. The van der Waals surface area contributed by atoms with Crippen LogP contribution in [0.5, 0.6) is 5.75 Å². The summed E-state index contributed by atoms with van der Waals surface area (Å²) >= 11 is 0. The molecule has 1 unspecified atom stereocenters. The van der Waals surface area contributed by atoms with E-state index in [1.165, 1.54) is 0 Å². The number of methoxy groups -OCH3 is 1. The number of rotatable bonds is 6. The Labute approximate surface area is 118 Å². The largest absolute Gasteiger partial charge is 0.497 e. The molecule has 3 N–H and O–H groups in total. The minimum atomic E-state index is -0.190. The highest BCUT2D eigenvalue weighted by Crippen LogP contribution is 2.12. The smallest absolute Gasteiger partial charge is 0.226 e. The van der Waals surface area contributed by atoms with Gasteiger partial charge in [0.05, 0.1) is 13.5 Å². The van der Waals surface area contributed by atoms with Gasteiger partial charge in [-0.3, -0.25) is 4.79 Å². The summed E-state index contributed by atoms with van der Waals surface area (Å²) in [6.07, 6.45) is 0.309. The predicted octanol–water partition coefficient (Wildman–Crippen LogP) is 1.08.